The van der Waals surface area contributed by atoms with Crippen LogP contribution in [-0.4, -0.2) is 74.9 Å². The molecule has 2 unspecified atom stereocenters. The predicted octanol–water partition coefficient (Wildman–Crippen LogP) is 23.2. The molecule has 0 aliphatic carbocycles. The maximum Gasteiger partial charge on any atom is 0.472 e. The molecule has 1 N–H and O–H groups in total. The van der Waals surface area contributed by atoms with Crippen LogP contribution in [0.4, 0.5) is 0 Å². The largest absolute Gasteiger partial charge is 0.472 e. The van der Waals surface area contributed by atoms with Gasteiger partial charge >= 0.3 is 19.8 Å². The number of likely N-dealkylation sites (N-methyl/N-ethyl adjacent to an activating group) is 1. The molecular formula is C78H131NO8P+. The van der Waals surface area contributed by atoms with Crippen molar-refractivity contribution in [3.8, 4) is 0 Å². The van der Waals surface area contributed by atoms with Gasteiger partial charge in [0.2, 0.25) is 0 Å². The Labute approximate surface area is 541 Å². The van der Waals surface area contributed by atoms with Gasteiger partial charge in [0, 0.05) is 12.8 Å². The number of nitrogens with zero attached hydrogens (tertiary/aromatic N) is 1. The van der Waals surface area contributed by atoms with Gasteiger partial charge in [-0.25, -0.2) is 4.57 Å². The fourth-order valence-corrected chi connectivity index (χ4v) is 9.98. The summed E-state index contributed by atoms with van der Waals surface area (Å²) >= 11 is 0. The van der Waals surface area contributed by atoms with E-state index in [1.807, 2.05) is 21.1 Å². The molecule has 0 aliphatic heterocycles. The third-order valence-electron chi connectivity index (χ3n) is 14.6. The molecule has 0 radical (unpaired) electrons. The zero-order valence-corrected chi connectivity index (χ0v) is 57.8. The van der Waals surface area contributed by atoms with E-state index in [1.165, 1.54) is 103 Å². The van der Waals surface area contributed by atoms with Crippen molar-refractivity contribution in [1.82, 2.24) is 0 Å². The van der Waals surface area contributed by atoms with Gasteiger partial charge in [0.1, 0.15) is 19.8 Å². The zero-order valence-electron chi connectivity index (χ0n) is 56.9. The van der Waals surface area contributed by atoms with Crippen LogP contribution in [0.1, 0.15) is 271 Å². The van der Waals surface area contributed by atoms with Gasteiger partial charge in [-0.2, -0.15) is 0 Å². The summed E-state index contributed by atoms with van der Waals surface area (Å²) in [6.45, 7) is 4.20. The lowest BCUT2D eigenvalue weighted by Gasteiger charge is -2.24. The standard InChI is InChI=1S/C78H130NO8P/c1-6-8-10-12-14-16-18-20-22-24-26-28-30-31-32-33-34-35-36-37-38-39-40-41-42-43-44-45-46-47-49-51-53-55-57-59-61-63-65-67-69-71-78(81)87-76(75-86-88(82,83)85-73-72-79(3,4)5)74-84-77(80)70-68-66-64-62-60-58-56-54-52-50-48-29-27-25-23-21-19-17-15-13-11-9-7-2/h8-11,14-17,20-23,26-29,31-32,34-35,37-38,40-41,43-44,76H,6-7,12-13,18-19,24-25,30,33,36,39,42,45-75H2,1-5H3/p+1/b10-8-,11-9-,16-14-,17-15-,22-20-,23-21-,28-26-,29-27-,32-31-,35-34-,38-37-,41-40-,44-43-. The van der Waals surface area contributed by atoms with E-state index in [9.17, 15) is 19.0 Å². The van der Waals surface area contributed by atoms with Crippen LogP contribution < -0.4 is 0 Å². The Balaban J connectivity index is 4.07. The minimum Gasteiger partial charge on any atom is -0.462 e. The van der Waals surface area contributed by atoms with E-state index in [-0.39, 0.29) is 32.0 Å². The topological polar surface area (TPSA) is 108 Å². The molecule has 0 spiro atoms. The first-order valence-corrected chi connectivity index (χ1v) is 36.7. The van der Waals surface area contributed by atoms with Crippen LogP contribution >= 0.6 is 7.82 Å². The van der Waals surface area contributed by atoms with Crippen molar-refractivity contribution >= 4 is 19.8 Å². The number of ether oxygens (including phenoxy) is 2. The number of hydrogen-bond donors (Lipinski definition) is 1. The Morgan fingerprint density at radius 1 is 0.352 bits per heavy atom. The molecule has 0 rings (SSSR count). The van der Waals surface area contributed by atoms with E-state index in [0.29, 0.717) is 17.4 Å². The fourth-order valence-electron chi connectivity index (χ4n) is 9.24. The van der Waals surface area contributed by atoms with Crippen molar-refractivity contribution in [2.24, 2.45) is 0 Å². The highest BCUT2D eigenvalue weighted by Crippen LogP contribution is 2.43. The molecule has 500 valence electrons. The first-order chi connectivity index (χ1) is 43.0. The van der Waals surface area contributed by atoms with Crippen LogP contribution in [0, 0.1) is 0 Å². The van der Waals surface area contributed by atoms with Crippen LogP contribution in [0.3, 0.4) is 0 Å². The summed E-state index contributed by atoms with van der Waals surface area (Å²) < 4.78 is 34.7. The normalized spacial score (nSPS) is 14.1. The number of carbonyl (C=O) groups is 2. The smallest absolute Gasteiger partial charge is 0.462 e. The summed E-state index contributed by atoms with van der Waals surface area (Å²) in [6, 6.07) is 0. The van der Waals surface area contributed by atoms with Gasteiger partial charge < -0.3 is 18.9 Å². The van der Waals surface area contributed by atoms with E-state index in [0.717, 1.165) is 135 Å². The molecule has 0 amide bonds. The number of rotatable bonds is 63. The van der Waals surface area contributed by atoms with Crippen molar-refractivity contribution in [2.75, 3.05) is 47.5 Å². The lowest BCUT2D eigenvalue weighted by atomic mass is 10.0. The van der Waals surface area contributed by atoms with Crippen LogP contribution in [0.15, 0.2) is 158 Å². The Morgan fingerprint density at radius 3 is 0.909 bits per heavy atom. The van der Waals surface area contributed by atoms with E-state index in [4.69, 9.17) is 18.5 Å². The highest BCUT2D eigenvalue weighted by atomic mass is 31.2. The molecule has 0 aliphatic rings. The van der Waals surface area contributed by atoms with Gasteiger partial charge in [0.05, 0.1) is 27.7 Å². The number of phosphoric ester groups is 1. The number of carbonyl (C=O) groups excluding carboxylic acids is 2. The number of unbranched alkanes of at least 4 members (excludes halogenated alkanes) is 23. The number of phosphoric acid groups is 1. The lowest BCUT2D eigenvalue weighted by molar-refractivity contribution is -0.870. The van der Waals surface area contributed by atoms with Crippen molar-refractivity contribution in [3.63, 3.8) is 0 Å². The number of allylic oxidation sites excluding steroid dienone is 26. The molecule has 0 aromatic rings. The average molecular weight is 1240 g/mol. The molecule has 0 fully saturated rings. The number of esters is 2. The fraction of sp³-hybridized carbons (Fsp3) is 0.641. The van der Waals surface area contributed by atoms with Gasteiger partial charge in [-0.15, -0.1) is 0 Å². The quantitative estimate of drug-likeness (QED) is 0.0211. The van der Waals surface area contributed by atoms with Gasteiger partial charge in [0.15, 0.2) is 6.10 Å². The van der Waals surface area contributed by atoms with Crippen LogP contribution in [0.2, 0.25) is 0 Å². The maximum absolute atomic E-state index is 12.9. The summed E-state index contributed by atoms with van der Waals surface area (Å²) in [7, 11) is 1.46. The summed E-state index contributed by atoms with van der Waals surface area (Å²) in [5.41, 5.74) is 0. The minimum atomic E-state index is -4.40. The first-order valence-electron chi connectivity index (χ1n) is 35.2. The second kappa shape index (κ2) is 67.0. The molecule has 9 nitrogen and oxygen atoms in total. The zero-order chi connectivity index (χ0) is 64.1. The van der Waals surface area contributed by atoms with E-state index >= 15 is 0 Å². The van der Waals surface area contributed by atoms with Crippen LogP contribution in [0.5, 0.6) is 0 Å². The summed E-state index contributed by atoms with van der Waals surface area (Å²) in [5, 5.41) is 0. The summed E-state index contributed by atoms with van der Waals surface area (Å²) in [5.74, 6) is -0.807. The van der Waals surface area contributed by atoms with Crippen molar-refractivity contribution in [2.45, 2.75) is 277 Å². The van der Waals surface area contributed by atoms with Crippen LogP contribution in [0.25, 0.3) is 0 Å². The van der Waals surface area contributed by atoms with Gasteiger partial charge in [-0.05, 0) is 122 Å². The lowest BCUT2D eigenvalue weighted by Crippen LogP contribution is -2.37. The second-order valence-electron chi connectivity index (χ2n) is 24.2. The third-order valence-corrected chi connectivity index (χ3v) is 15.5. The van der Waals surface area contributed by atoms with Crippen molar-refractivity contribution in [3.05, 3.63) is 158 Å². The Morgan fingerprint density at radius 2 is 0.614 bits per heavy atom. The van der Waals surface area contributed by atoms with Crippen molar-refractivity contribution < 1.29 is 42.1 Å². The highest BCUT2D eigenvalue weighted by molar-refractivity contribution is 7.47. The summed E-state index contributed by atoms with van der Waals surface area (Å²) in [6.07, 6.45) is 101. The summed E-state index contributed by atoms with van der Waals surface area (Å²) in [4.78, 5) is 35.9. The number of hydrogen-bond acceptors (Lipinski definition) is 7. The predicted molar refractivity (Wildman–Crippen MR) is 380 cm³/mol. The molecule has 0 bridgehead atoms. The molecule has 2 atom stereocenters. The average Bonchev–Trinajstić information content (AvgIpc) is 3.58. The van der Waals surface area contributed by atoms with E-state index in [1.54, 1.807) is 0 Å². The third kappa shape index (κ3) is 70.7. The van der Waals surface area contributed by atoms with Crippen LogP contribution in [-0.2, 0) is 32.7 Å². The van der Waals surface area contributed by atoms with E-state index in [2.05, 4.69) is 172 Å². The molecule has 0 aromatic carbocycles. The number of quaternary nitrogens is 1. The Hall–Kier alpha value is -4.37. The monoisotopic (exact) mass is 1240 g/mol. The second-order valence-corrected chi connectivity index (χ2v) is 25.6. The first kappa shape index (κ1) is 83.6. The Bertz CT molecular complexity index is 2040. The maximum atomic E-state index is 12.9. The van der Waals surface area contributed by atoms with Gasteiger partial charge in [-0.3, -0.25) is 18.6 Å². The van der Waals surface area contributed by atoms with Gasteiger partial charge in [-0.1, -0.05) is 294 Å². The minimum absolute atomic E-state index is 0.0242. The molecule has 88 heavy (non-hydrogen) atoms. The highest BCUT2D eigenvalue weighted by Gasteiger charge is 2.27. The van der Waals surface area contributed by atoms with E-state index < -0.39 is 26.5 Å². The molecule has 0 saturated carbocycles. The Kier molecular flexibility index (Phi) is 63.7. The van der Waals surface area contributed by atoms with Gasteiger partial charge in [0.25, 0.3) is 0 Å². The van der Waals surface area contributed by atoms with Crippen molar-refractivity contribution in [1.29, 1.82) is 0 Å². The molecular weight excluding hydrogens is 1110 g/mol. The molecule has 0 saturated heterocycles. The SMILES string of the molecule is CC/C=C\C/C=C\C/C=C\C/C=C\C/C=C\C/C=C\C/C=C\C/C=C\C/C=C\CCCCCCCCCCCCCCCC(=O)OC(COC(=O)CCCCCCCCCCCC/C=C\C/C=C\C/C=C\C/C=C\CC)COP(=O)(O)OCC[N+](C)(C)C. The molecule has 0 heterocycles. The molecule has 0 aromatic heterocycles. The molecule has 10 heteroatoms.